The molecule has 0 bridgehead atoms. The average Bonchev–Trinajstić information content (AvgIpc) is 3.37. The lowest BCUT2D eigenvalue weighted by Crippen LogP contribution is -2.45. The van der Waals surface area contributed by atoms with E-state index < -0.39 is 0 Å². The molecule has 9 aromatic rings. The molecule has 0 radical (unpaired) electrons. The normalized spacial score (nSPS) is 16.1. The van der Waals surface area contributed by atoms with Gasteiger partial charge in [0, 0.05) is 16.5 Å². The molecule has 2 N–H and O–H groups in total. The standard InChI is InChI=1S/C58H44N4/c1-6-16-39(17-7-1)48-34-49(40-18-8-2-9-19-40)36-50(35-48)58-61-56(45-24-14-5-15-25-45)60-57(62-58)46-29-26-41(27-30-46)47-31-28-43-32-33-53-55(51(43)37-47)52(42-20-10-3-11-21-42)38-54(59-53)44-22-12-4-13-23-44/h1,3-8,10-38,56-57,60H,2,9H2,(H,61,62). The molecule has 0 saturated carbocycles. The molecule has 0 amide bonds. The molecule has 4 nitrogen and oxygen atoms in total. The first-order chi connectivity index (χ1) is 30.7. The minimum Gasteiger partial charge on any atom is -0.350 e. The van der Waals surface area contributed by atoms with Crippen molar-refractivity contribution in [1.82, 2.24) is 15.6 Å². The summed E-state index contributed by atoms with van der Waals surface area (Å²) in [6, 6.07) is 71.6. The molecule has 2 unspecified atom stereocenters. The Bertz CT molecular complexity index is 3150. The van der Waals surface area contributed by atoms with E-state index in [0.717, 1.165) is 68.7 Å². The summed E-state index contributed by atoms with van der Waals surface area (Å²) < 4.78 is 0. The van der Waals surface area contributed by atoms with Crippen molar-refractivity contribution in [2.45, 2.75) is 25.2 Å². The summed E-state index contributed by atoms with van der Waals surface area (Å²) in [7, 11) is 0. The van der Waals surface area contributed by atoms with E-state index in [0.29, 0.717) is 0 Å². The highest BCUT2D eigenvalue weighted by Gasteiger charge is 2.26. The van der Waals surface area contributed by atoms with Gasteiger partial charge in [-0.05, 0) is 116 Å². The number of pyridine rings is 1. The first kappa shape index (κ1) is 37.3. The number of allylic oxidation sites excluding steroid dienone is 4. The fourth-order valence-electron chi connectivity index (χ4n) is 8.94. The maximum Gasteiger partial charge on any atom is 0.131 e. The van der Waals surface area contributed by atoms with E-state index in [1.54, 1.807) is 0 Å². The molecular weight excluding hydrogens is 753 g/mol. The van der Waals surface area contributed by atoms with Crippen LogP contribution in [0.4, 0.5) is 0 Å². The molecule has 0 saturated heterocycles. The molecule has 2 atom stereocenters. The lowest BCUT2D eigenvalue weighted by atomic mass is 9.92. The maximum atomic E-state index is 5.34. The maximum absolute atomic E-state index is 5.34. The molecule has 0 spiro atoms. The van der Waals surface area contributed by atoms with Gasteiger partial charge < -0.3 is 5.32 Å². The number of rotatable bonds is 8. The van der Waals surface area contributed by atoms with Gasteiger partial charge in [0.15, 0.2) is 0 Å². The SMILES string of the molecule is C1=CC(c2cc(C3=NC(c4ccccc4)NC(c4ccc(-c5ccc6ccc7nc(-c8ccccc8)cc(-c8ccccc8)c7c6c5)cc4)N3)cc(-c3ccccc3)c2)=CCC1. The predicted octanol–water partition coefficient (Wildman–Crippen LogP) is 14.1. The third-order valence-electron chi connectivity index (χ3n) is 12.1. The summed E-state index contributed by atoms with van der Waals surface area (Å²) in [6.07, 6.45) is 8.58. The van der Waals surface area contributed by atoms with E-state index in [1.165, 1.54) is 44.2 Å². The van der Waals surface area contributed by atoms with Crippen molar-refractivity contribution < 1.29 is 0 Å². The van der Waals surface area contributed by atoms with Crippen molar-refractivity contribution in [2.75, 3.05) is 0 Å². The summed E-state index contributed by atoms with van der Waals surface area (Å²) in [5, 5.41) is 11.2. The number of aromatic nitrogens is 1. The fraction of sp³-hybridized carbons (Fsp3) is 0.0690. The summed E-state index contributed by atoms with van der Waals surface area (Å²) in [6.45, 7) is 0. The summed E-state index contributed by atoms with van der Waals surface area (Å²) >= 11 is 0. The van der Waals surface area contributed by atoms with E-state index in [-0.39, 0.29) is 12.3 Å². The van der Waals surface area contributed by atoms with E-state index in [9.17, 15) is 0 Å². The average molecular weight is 797 g/mol. The molecule has 0 fully saturated rings. The number of nitrogens with zero attached hydrogens (tertiary/aromatic N) is 2. The zero-order chi connectivity index (χ0) is 41.2. The van der Waals surface area contributed by atoms with Crippen LogP contribution in [0.25, 0.3) is 71.9 Å². The third-order valence-corrected chi connectivity index (χ3v) is 12.1. The second-order valence-electron chi connectivity index (χ2n) is 16.1. The first-order valence-corrected chi connectivity index (χ1v) is 21.5. The smallest absolute Gasteiger partial charge is 0.131 e. The Morgan fingerprint density at radius 1 is 0.468 bits per heavy atom. The number of fused-ring (bicyclic) bond motifs is 3. The zero-order valence-corrected chi connectivity index (χ0v) is 34.2. The van der Waals surface area contributed by atoms with Crippen molar-refractivity contribution in [3.05, 3.63) is 241 Å². The van der Waals surface area contributed by atoms with Crippen molar-refractivity contribution in [2.24, 2.45) is 4.99 Å². The van der Waals surface area contributed by atoms with E-state index in [4.69, 9.17) is 9.98 Å². The van der Waals surface area contributed by atoms with Crippen LogP contribution in [0.5, 0.6) is 0 Å². The van der Waals surface area contributed by atoms with Gasteiger partial charge in [0.2, 0.25) is 0 Å². The Balaban J connectivity index is 0.968. The summed E-state index contributed by atoms with van der Waals surface area (Å²) in [4.78, 5) is 10.6. The third kappa shape index (κ3) is 7.42. The van der Waals surface area contributed by atoms with Gasteiger partial charge in [-0.1, -0.05) is 182 Å². The minimum atomic E-state index is -0.238. The van der Waals surface area contributed by atoms with Gasteiger partial charge in [0.1, 0.15) is 18.2 Å². The van der Waals surface area contributed by atoms with Crippen LogP contribution in [0.2, 0.25) is 0 Å². The largest absolute Gasteiger partial charge is 0.350 e. The van der Waals surface area contributed by atoms with Crippen LogP contribution in [0.15, 0.2) is 223 Å². The van der Waals surface area contributed by atoms with E-state index in [1.807, 2.05) is 0 Å². The Morgan fingerprint density at radius 2 is 1.10 bits per heavy atom. The Hall–Kier alpha value is -7.66. The van der Waals surface area contributed by atoms with Gasteiger partial charge in [0.25, 0.3) is 0 Å². The lowest BCUT2D eigenvalue weighted by Gasteiger charge is -2.32. The van der Waals surface area contributed by atoms with Crippen molar-refractivity contribution in [3.63, 3.8) is 0 Å². The highest BCUT2D eigenvalue weighted by molar-refractivity contribution is 6.14. The van der Waals surface area contributed by atoms with Gasteiger partial charge in [-0.3, -0.25) is 5.32 Å². The number of hydrogen-bond donors (Lipinski definition) is 2. The van der Waals surface area contributed by atoms with Crippen LogP contribution >= 0.6 is 0 Å². The highest BCUT2D eigenvalue weighted by Crippen LogP contribution is 2.39. The Kier molecular flexibility index (Phi) is 9.89. The van der Waals surface area contributed by atoms with E-state index in [2.05, 4.69) is 229 Å². The van der Waals surface area contributed by atoms with Crippen LogP contribution in [-0.2, 0) is 0 Å². The number of amidine groups is 1. The molecule has 296 valence electrons. The quantitative estimate of drug-likeness (QED) is 0.151. The Labute approximate surface area is 362 Å². The molecular formula is C58H44N4. The van der Waals surface area contributed by atoms with Crippen molar-refractivity contribution in [1.29, 1.82) is 0 Å². The van der Waals surface area contributed by atoms with Crippen molar-refractivity contribution in [3.8, 4) is 44.6 Å². The van der Waals surface area contributed by atoms with Gasteiger partial charge >= 0.3 is 0 Å². The molecule has 1 aliphatic carbocycles. The Morgan fingerprint density at radius 3 is 1.82 bits per heavy atom. The molecule has 1 aliphatic heterocycles. The lowest BCUT2D eigenvalue weighted by molar-refractivity contribution is 0.409. The molecule has 2 aliphatic rings. The minimum absolute atomic E-state index is 0.182. The monoisotopic (exact) mass is 796 g/mol. The van der Waals surface area contributed by atoms with Gasteiger partial charge in [0.05, 0.1) is 11.2 Å². The van der Waals surface area contributed by atoms with Crippen LogP contribution in [0.1, 0.15) is 47.4 Å². The predicted molar refractivity (Wildman–Crippen MR) is 259 cm³/mol. The first-order valence-electron chi connectivity index (χ1n) is 21.5. The number of benzene rings is 8. The molecule has 4 heteroatoms. The van der Waals surface area contributed by atoms with Crippen LogP contribution < -0.4 is 10.6 Å². The second kappa shape index (κ2) is 16.4. The van der Waals surface area contributed by atoms with Crippen molar-refractivity contribution >= 4 is 33.1 Å². The summed E-state index contributed by atoms with van der Waals surface area (Å²) in [5.74, 6) is 0.866. The highest BCUT2D eigenvalue weighted by atomic mass is 15.3. The second-order valence-corrected chi connectivity index (χ2v) is 16.1. The zero-order valence-electron chi connectivity index (χ0n) is 34.2. The van der Waals surface area contributed by atoms with Crippen LogP contribution in [0.3, 0.4) is 0 Å². The topological polar surface area (TPSA) is 49.3 Å². The molecule has 62 heavy (non-hydrogen) atoms. The van der Waals surface area contributed by atoms with E-state index >= 15 is 0 Å². The van der Waals surface area contributed by atoms with Gasteiger partial charge in [-0.25, -0.2) is 9.98 Å². The van der Waals surface area contributed by atoms with Gasteiger partial charge in [-0.15, -0.1) is 0 Å². The number of nitrogens with one attached hydrogen (secondary N) is 2. The molecule has 1 aromatic heterocycles. The molecule has 8 aromatic carbocycles. The van der Waals surface area contributed by atoms with Gasteiger partial charge in [-0.2, -0.15) is 0 Å². The molecule has 2 heterocycles. The fourth-order valence-corrected chi connectivity index (χ4v) is 8.94. The number of hydrogen-bond acceptors (Lipinski definition) is 4. The number of aliphatic imine (C=N–C) groups is 1. The van der Waals surface area contributed by atoms with Crippen LogP contribution in [-0.4, -0.2) is 10.8 Å². The molecule has 11 rings (SSSR count). The summed E-state index contributed by atoms with van der Waals surface area (Å²) in [5.41, 5.74) is 15.9. The van der Waals surface area contributed by atoms with Crippen LogP contribution in [0, 0.1) is 0 Å².